The normalized spacial score (nSPS) is 18.9. The van der Waals surface area contributed by atoms with E-state index in [9.17, 15) is 0 Å². The summed E-state index contributed by atoms with van der Waals surface area (Å²) >= 11 is 0. The average Bonchev–Trinajstić information content (AvgIpc) is 2.96. The minimum absolute atomic E-state index is 0.524. The fourth-order valence-electron chi connectivity index (χ4n) is 3.25. The van der Waals surface area contributed by atoms with Crippen molar-refractivity contribution in [2.45, 2.75) is 32.7 Å². The SMILES string of the molecule is CC.CN1CCN(C2CCOCC2)c2nccc3[nH]nc1c23. The Labute approximate surface area is 131 Å². The smallest absolute Gasteiger partial charge is 0.161 e. The Morgan fingerprint density at radius 1 is 1.18 bits per heavy atom. The van der Waals surface area contributed by atoms with E-state index in [1.807, 2.05) is 26.1 Å². The van der Waals surface area contributed by atoms with Crippen molar-refractivity contribution in [1.29, 1.82) is 0 Å². The molecule has 1 saturated heterocycles. The lowest BCUT2D eigenvalue weighted by Crippen LogP contribution is -2.42. The molecular formula is C16H25N5O. The Morgan fingerprint density at radius 3 is 2.73 bits per heavy atom. The second-order valence-electron chi connectivity index (χ2n) is 5.56. The number of pyridine rings is 1. The Morgan fingerprint density at radius 2 is 1.95 bits per heavy atom. The molecule has 4 rings (SSSR count). The van der Waals surface area contributed by atoms with Crippen LogP contribution >= 0.6 is 0 Å². The molecule has 22 heavy (non-hydrogen) atoms. The number of nitrogens with zero attached hydrogens (tertiary/aromatic N) is 4. The highest BCUT2D eigenvalue weighted by atomic mass is 16.5. The molecule has 2 aliphatic rings. The topological polar surface area (TPSA) is 57.3 Å². The molecule has 0 saturated carbocycles. The maximum absolute atomic E-state index is 5.49. The minimum Gasteiger partial charge on any atom is -0.381 e. The predicted molar refractivity (Wildman–Crippen MR) is 89.7 cm³/mol. The number of likely N-dealkylation sites (N-methyl/N-ethyl adjacent to an activating group) is 1. The van der Waals surface area contributed by atoms with Gasteiger partial charge < -0.3 is 14.5 Å². The minimum atomic E-state index is 0.524. The van der Waals surface area contributed by atoms with Gasteiger partial charge in [-0.1, -0.05) is 13.8 Å². The van der Waals surface area contributed by atoms with Crippen molar-refractivity contribution >= 4 is 22.5 Å². The van der Waals surface area contributed by atoms with Crippen LogP contribution in [0.5, 0.6) is 0 Å². The first-order valence-corrected chi connectivity index (χ1v) is 8.23. The molecule has 2 aliphatic heterocycles. The Kier molecular flexibility index (Phi) is 4.47. The summed E-state index contributed by atoms with van der Waals surface area (Å²) in [6, 6.07) is 2.52. The van der Waals surface area contributed by atoms with Crippen LogP contribution in [0.2, 0.25) is 0 Å². The first kappa shape index (κ1) is 15.1. The quantitative estimate of drug-likeness (QED) is 0.877. The van der Waals surface area contributed by atoms with Crippen molar-refractivity contribution in [2.75, 3.05) is 43.2 Å². The van der Waals surface area contributed by atoms with Gasteiger partial charge in [0, 0.05) is 45.6 Å². The van der Waals surface area contributed by atoms with Crippen molar-refractivity contribution in [3.8, 4) is 0 Å². The van der Waals surface area contributed by atoms with Crippen molar-refractivity contribution in [1.82, 2.24) is 15.2 Å². The molecule has 4 heterocycles. The molecule has 6 heteroatoms. The van der Waals surface area contributed by atoms with Crippen LogP contribution in [0, 0.1) is 0 Å². The Hall–Kier alpha value is -1.82. The molecule has 0 atom stereocenters. The van der Waals surface area contributed by atoms with E-state index < -0.39 is 0 Å². The molecule has 0 unspecified atom stereocenters. The third-order valence-corrected chi connectivity index (χ3v) is 4.38. The number of anilines is 2. The summed E-state index contributed by atoms with van der Waals surface area (Å²) in [6.45, 7) is 7.66. The van der Waals surface area contributed by atoms with E-state index in [2.05, 4.69) is 32.0 Å². The summed E-state index contributed by atoms with van der Waals surface area (Å²) in [7, 11) is 2.10. The molecular weight excluding hydrogens is 278 g/mol. The van der Waals surface area contributed by atoms with Gasteiger partial charge in [-0.3, -0.25) is 5.10 Å². The highest BCUT2D eigenvalue weighted by molar-refractivity contribution is 5.99. The number of aromatic nitrogens is 3. The van der Waals surface area contributed by atoms with Gasteiger partial charge in [0.2, 0.25) is 0 Å². The number of H-pyrrole nitrogens is 1. The molecule has 1 fully saturated rings. The zero-order valence-electron chi connectivity index (χ0n) is 13.7. The first-order valence-electron chi connectivity index (χ1n) is 8.23. The van der Waals surface area contributed by atoms with E-state index in [0.29, 0.717) is 6.04 Å². The molecule has 0 radical (unpaired) electrons. The predicted octanol–water partition coefficient (Wildman–Crippen LogP) is 2.42. The number of hydrogen-bond donors (Lipinski definition) is 1. The van der Waals surface area contributed by atoms with Crippen molar-refractivity contribution in [3.05, 3.63) is 12.3 Å². The van der Waals surface area contributed by atoms with Crippen LogP contribution in [0.15, 0.2) is 12.3 Å². The van der Waals surface area contributed by atoms with Crippen LogP contribution in [-0.4, -0.2) is 54.6 Å². The van der Waals surface area contributed by atoms with Gasteiger partial charge in [-0.25, -0.2) is 4.98 Å². The van der Waals surface area contributed by atoms with E-state index in [-0.39, 0.29) is 0 Å². The van der Waals surface area contributed by atoms with Gasteiger partial charge in [-0.05, 0) is 18.9 Å². The molecule has 120 valence electrons. The van der Waals surface area contributed by atoms with Crippen molar-refractivity contribution < 1.29 is 4.74 Å². The summed E-state index contributed by atoms with van der Waals surface area (Å²) in [5.74, 6) is 2.08. The Bertz CT molecular complexity index is 620. The lowest BCUT2D eigenvalue weighted by Gasteiger charge is -2.35. The van der Waals surface area contributed by atoms with Crippen LogP contribution in [-0.2, 0) is 4.74 Å². The summed E-state index contributed by atoms with van der Waals surface area (Å²) in [5, 5.41) is 8.73. The van der Waals surface area contributed by atoms with Gasteiger partial charge in [0.15, 0.2) is 5.82 Å². The lowest BCUT2D eigenvalue weighted by atomic mass is 10.1. The molecule has 6 nitrogen and oxygen atoms in total. The molecule has 2 aromatic rings. The first-order chi connectivity index (χ1) is 10.8. The van der Waals surface area contributed by atoms with Gasteiger partial charge in [-0.2, -0.15) is 5.10 Å². The van der Waals surface area contributed by atoms with E-state index in [1.165, 1.54) is 0 Å². The Balaban J connectivity index is 0.000000693. The second-order valence-corrected chi connectivity index (χ2v) is 5.56. The number of aromatic amines is 1. The van der Waals surface area contributed by atoms with Crippen LogP contribution < -0.4 is 9.80 Å². The summed E-state index contributed by atoms with van der Waals surface area (Å²) in [5.41, 5.74) is 1.07. The fraction of sp³-hybridized carbons (Fsp3) is 0.625. The number of ether oxygens (including phenoxy) is 1. The van der Waals surface area contributed by atoms with Crippen LogP contribution in [0.25, 0.3) is 10.9 Å². The van der Waals surface area contributed by atoms with E-state index in [4.69, 9.17) is 4.74 Å². The molecule has 0 aromatic carbocycles. The van der Waals surface area contributed by atoms with Crippen molar-refractivity contribution in [2.24, 2.45) is 0 Å². The molecule has 0 amide bonds. The van der Waals surface area contributed by atoms with E-state index >= 15 is 0 Å². The lowest BCUT2D eigenvalue weighted by molar-refractivity contribution is 0.0845. The van der Waals surface area contributed by atoms with E-state index in [1.54, 1.807) is 0 Å². The largest absolute Gasteiger partial charge is 0.381 e. The maximum Gasteiger partial charge on any atom is 0.161 e. The monoisotopic (exact) mass is 303 g/mol. The molecule has 0 bridgehead atoms. The van der Waals surface area contributed by atoms with Crippen LogP contribution in [0.4, 0.5) is 11.6 Å². The molecule has 0 spiro atoms. The standard InChI is InChI=1S/C14H19N5O.C2H6/c1-18-6-7-19(10-3-8-20-9-4-10)13-12-11(2-5-15-13)16-17-14(12)18;1-2/h2,5,10H,3-4,6-9H2,1H3,(H,16,17);1-2H3. The molecule has 2 aromatic heterocycles. The fourth-order valence-corrected chi connectivity index (χ4v) is 3.25. The second kappa shape index (κ2) is 6.52. The van der Waals surface area contributed by atoms with Crippen molar-refractivity contribution in [3.63, 3.8) is 0 Å². The summed E-state index contributed by atoms with van der Waals surface area (Å²) in [6.07, 6.45) is 4.03. The number of nitrogens with one attached hydrogen (secondary N) is 1. The molecule has 1 N–H and O–H groups in total. The van der Waals surface area contributed by atoms with Gasteiger partial charge in [-0.15, -0.1) is 0 Å². The van der Waals surface area contributed by atoms with Crippen LogP contribution in [0.3, 0.4) is 0 Å². The van der Waals surface area contributed by atoms with Gasteiger partial charge >= 0.3 is 0 Å². The van der Waals surface area contributed by atoms with Crippen LogP contribution in [0.1, 0.15) is 26.7 Å². The van der Waals surface area contributed by atoms with E-state index in [0.717, 1.165) is 61.7 Å². The number of rotatable bonds is 1. The molecule has 0 aliphatic carbocycles. The zero-order valence-corrected chi connectivity index (χ0v) is 13.7. The van der Waals surface area contributed by atoms with Gasteiger partial charge in [0.05, 0.1) is 10.9 Å². The summed E-state index contributed by atoms with van der Waals surface area (Å²) in [4.78, 5) is 9.32. The zero-order chi connectivity index (χ0) is 15.5. The van der Waals surface area contributed by atoms with Gasteiger partial charge in [0.25, 0.3) is 0 Å². The average molecular weight is 303 g/mol. The third kappa shape index (κ3) is 2.52. The highest BCUT2D eigenvalue weighted by Gasteiger charge is 2.29. The third-order valence-electron chi connectivity index (χ3n) is 4.38. The highest BCUT2D eigenvalue weighted by Crippen LogP contribution is 2.35. The summed E-state index contributed by atoms with van der Waals surface area (Å²) < 4.78 is 5.49. The maximum atomic E-state index is 5.49. The number of hydrogen-bond acceptors (Lipinski definition) is 5. The van der Waals surface area contributed by atoms with Gasteiger partial charge in [0.1, 0.15) is 5.82 Å².